The predicted octanol–water partition coefficient (Wildman–Crippen LogP) is 2.78. The van der Waals surface area contributed by atoms with Crippen molar-refractivity contribution in [2.24, 2.45) is 4.99 Å². The summed E-state index contributed by atoms with van der Waals surface area (Å²) in [6.07, 6.45) is 1.71. The molecule has 0 aliphatic heterocycles. The van der Waals surface area contributed by atoms with Crippen molar-refractivity contribution in [3.05, 3.63) is 34.3 Å². The van der Waals surface area contributed by atoms with Crippen LogP contribution in [0.25, 0.3) is 0 Å². The van der Waals surface area contributed by atoms with E-state index in [0.29, 0.717) is 0 Å². The molecule has 0 saturated carbocycles. The maximum Gasteiger partial charge on any atom is 0.133 e. The maximum absolute atomic E-state index is 8.49. The summed E-state index contributed by atoms with van der Waals surface area (Å²) in [7, 11) is 0. The number of hydrogen-bond acceptors (Lipinski definition) is 2. The fourth-order valence-corrected chi connectivity index (χ4v) is 1.04. The van der Waals surface area contributed by atoms with Gasteiger partial charge >= 0.3 is 0 Å². The summed E-state index contributed by atoms with van der Waals surface area (Å²) in [5, 5.41) is 8.49. The molecular formula is C10H9BrN2. The Kier molecular flexibility index (Phi) is 3.66. The molecule has 0 fully saturated rings. The van der Waals surface area contributed by atoms with Crippen LogP contribution in [0.15, 0.2) is 33.7 Å². The first-order valence-electron chi connectivity index (χ1n) is 3.91. The number of nitrogens with zero attached hydrogens (tertiary/aromatic N) is 2. The number of nitriles is 1. The van der Waals surface area contributed by atoms with E-state index in [0.717, 1.165) is 10.0 Å². The summed E-state index contributed by atoms with van der Waals surface area (Å²) >= 11 is 3.34. The van der Waals surface area contributed by atoms with Crippen LogP contribution in [0.2, 0.25) is 0 Å². The second-order valence-electron chi connectivity index (χ2n) is 2.63. The normalized spacial score (nSPS) is 12.7. The molecular weight excluding hydrogens is 228 g/mol. The van der Waals surface area contributed by atoms with E-state index in [1.165, 1.54) is 0 Å². The van der Waals surface area contributed by atoms with Crippen LogP contribution in [-0.4, -0.2) is 12.3 Å². The highest BCUT2D eigenvalue weighted by atomic mass is 79.9. The summed E-state index contributed by atoms with van der Waals surface area (Å²) in [4.78, 5) is 4.04. The van der Waals surface area contributed by atoms with Gasteiger partial charge in [-0.15, -0.1) is 0 Å². The van der Waals surface area contributed by atoms with Gasteiger partial charge in [-0.25, -0.2) is 0 Å². The molecule has 1 aromatic rings. The first kappa shape index (κ1) is 9.94. The van der Waals surface area contributed by atoms with Crippen LogP contribution >= 0.6 is 15.9 Å². The Morgan fingerprint density at radius 1 is 1.46 bits per heavy atom. The van der Waals surface area contributed by atoms with Crippen LogP contribution in [0, 0.1) is 11.3 Å². The van der Waals surface area contributed by atoms with Gasteiger partial charge in [0.2, 0.25) is 0 Å². The molecule has 0 amide bonds. The zero-order valence-electron chi connectivity index (χ0n) is 7.24. The molecule has 0 saturated heterocycles. The van der Waals surface area contributed by atoms with Gasteiger partial charge in [-0.3, -0.25) is 4.99 Å². The van der Waals surface area contributed by atoms with E-state index >= 15 is 0 Å². The van der Waals surface area contributed by atoms with Crippen LogP contribution in [0.1, 0.15) is 12.5 Å². The smallest absolute Gasteiger partial charge is 0.133 e. The molecule has 1 atom stereocenters. The van der Waals surface area contributed by atoms with Crippen LogP contribution in [-0.2, 0) is 0 Å². The minimum absolute atomic E-state index is 0.274. The van der Waals surface area contributed by atoms with Crippen LogP contribution < -0.4 is 0 Å². The molecule has 13 heavy (non-hydrogen) atoms. The standard InChI is InChI=1S/C10H9BrN2/c1-8(6-12)13-7-9-2-4-10(11)5-3-9/h2-5,7-8H,1H3. The van der Waals surface area contributed by atoms with E-state index < -0.39 is 0 Å². The number of aliphatic imine (C=N–C) groups is 1. The topological polar surface area (TPSA) is 36.1 Å². The van der Waals surface area contributed by atoms with E-state index in [1.54, 1.807) is 13.1 Å². The monoisotopic (exact) mass is 236 g/mol. The molecule has 1 unspecified atom stereocenters. The fourth-order valence-electron chi connectivity index (χ4n) is 0.780. The maximum atomic E-state index is 8.49. The van der Waals surface area contributed by atoms with Gasteiger partial charge in [-0.05, 0) is 24.6 Å². The molecule has 0 spiro atoms. The minimum atomic E-state index is -0.274. The third kappa shape index (κ3) is 3.39. The van der Waals surface area contributed by atoms with Gasteiger partial charge < -0.3 is 0 Å². The highest BCUT2D eigenvalue weighted by molar-refractivity contribution is 9.10. The Morgan fingerprint density at radius 2 is 2.08 bits per heavy atom. The number of halogens is 1. The third-order valence-electron chi connectivity index (χ3n) is 1.50. The lowest BCUT2D eigenvalue weighted by atomic mass is 10.2. The highest BCUT2D eigenvalue weighted by Crippen LogP contribution is 2.09. The molecule has 1 rings (SSSR count). The molecule has 0 bridgehead atoms. The van der Waals surface area contributed by atoms with Crippen LogP contribution in [0.3, 0.4) is 0 Å². The van der Waals surface area contributed by atoms with Crippen molar-refractivity contribution in [1.29, 1.82) is 5.26 Å². The van der Waals surface area contributed by atoms with Gasteiger partial charge in [0.05, 0.1) is 6.07 Å². The summed E-state index contributed by atoms with van der Waals surface area (Å²) < 4.78 is 1.04. The third-order valence-corrected chi connectivity index (χ3v) is 2.03. The lowest BCUT2D eigenvalue weighted by Gasteiger charge is -1.94. The van der Waals surface area contributed by atoms with Crippen molar-refractivity contribution in [1.82, 2.24) is 0 Å². The molecule has 2 nitrogen and oxygen atoms in total. The lowest BCUT2D eigenvalue weighted by molar-refractivity contribution is 0.946. The van der Waals surface area contributed by atoms with Crippen molar-refractivity contribution in [3.63, 3.8) is 0 Å². The van der Waals surface area contributed by atoms with Gasteiger partial charge in [0.15, 0.2) is 0 Å². The summed E-state index contributed by atoms with van der Waals surface area (Å²) in [6.45, 7) is 1.76. The van der Waals surface area contributed by atoms with Gasteiger partial charge in [-0.1, -0.05) is 28.1 Å². The summed E-state index contributed by atoms with van der Waals surface area (Å²) in [5.41, 5.74) is 1.00. The fraction of sp³-hybridized carbons (Fsp3) is 0.200. The second-order valence-corrected chi connectivity index (χ2v) is 3.55. The molecule has 3 heteroatoms. The molecule has 0 radical (unpaired) electrons. The van der Waals surface area contributed by atoms with E-state index in [1.807, 2.05) is 30.3 Å². The zero-order chi connectivity index (χ0) is 9.68. The molecule has 0 aliphatic rings. The first-order valence-corrected chi connectivity index (χ1v) is 4.70. The second kappa shape index (κ2) is 4.78. The Bertz CT molecular complexity index is 335. The quantitative estimate of drug-likeness (QED) is 0.728. The van der Waals surface area contributed by atoms with Crippen LogP contribution in [0.4, 0.5) is 0 Å². The van der Waals surface area contributed by atoms with Crippen molar-refractivity contribution in [2.45, 2.75) is 13.0 Å². The molecule has 66 valence electrons. The minimum Gasteiger partial charge on any atom is -0.274 e. The summed E-state index contributed by atoms with van der Waals surface area (Å²) in [6, 6.07) is 9.53. The zero-order valence-corrected chi connectivity index (χ0v) is 8.82. The predicted molar refractivity (Wildman–Crippen MR) is 56.8 cm³/mol. The lowest BCUT2D eigenvalue weighted by Crippen LogP contribution is -1.92. The van der Waals surface area contributed by atoms with Crippen molar-refractivity contribution in [3.8, 4) is 6.07 Å². The Labute approximate surface area is 86.0 Å². The molecule has 1 aromatic carbocycles. The van der Waals surface area contributed by atoms with Crippen molar-refractivity contribution < 1.29 is 0 Å². The highest BCUT2D eigenvalue weighted by Gasteiger charge is 1.92. The largest absolute Gasteiger partial charge is 0.274 e. The van der Waals surface area contributed by atoms with Crippen molar-refractivity contribution >= 4 is 22.1 Å². The first-order chi connectivity index (χ1) is 6.22. The van der Waals surface area contributed by atoms with E-state index in [9.17, 15) is 0 Å². The Balaban J connectivity index is 2.71. The Hall–Kier alpha value is -1.14. The van der Waals surface area contributed by atoms with Gasteiger partial charge in [0.1, 0.15) is 6.04 Å². The molecule has 0 heterocycles. The van der Waals surface area contributed by atoms with E-state index in [4.69, 9.17) is 5.26 Å². The average Bonchev–Trinajstić information content (AvgIpc) is 2.16. The average molecular weight is 237 g/mol. The Morgan fingerprint density at radius 3 is 2.62 bits per heavy atom. The van der Waals surface area contributed by atoms with Crippen molar-refractivity contribution in [2.75, 3.05) is 0 Å². The summed E-state index contributed by atoms with van der Waals surface area (Å²) in [5.74, 6) is 0. The SMILES string of the molecule is CC(C#N)N=Cc1ccc(Br)cc1. The van der Waals surface area contributed by atoms with Gasteiger partial charge in [-0.2, -0.15) is 5.26 Å². The van der Waals surface area contributed by atoms with Crippen LogP contribution in [0.5, 0.6) is 0 Å². The number of hydrogen-bond donors (Lipinski definition) is 0. The molecule has 0 aliphatic carbocycles. The molecule has 0 N–H and O–H groups in total. The number of benzene rings is 1. The number of rotatable bonds is 2. The van der Waals surface area contributed by atoms with Gasteiger partial charge in [0.25, 0.3) is 0 Å². The van der Waals surface area contributed by atoms with E-state index in [2.05, 4.69) is 20.9 Å². The van der Waals surface area contributed by atoms with Gasteiger partial charge in [0, 0.05) is 10.7 Å². The van der Waals surface area contributed by atoms with E-state index in [-0.39, 0.29) is 6.04 Å². The molecule has 0 aromatic heterocycles.